The molecule has 0 aliphatic heterocycles. The third-order valence-electron chi connectivity index (χ3n) is 5.16. The molecule has 0 radical (unpaired) electrons. The fourth-order valence-electron chi connectivity index (χ4n) is 3.44. The summed E-state index contributed by atoms with van der Waals surface area (Å²) in [6.07, 6.45) is 27.5. The summed E-state index contributed by atoms with van der Waals surface area (Å²) >= 11 is 0. The molecule has 1 amide bonds. The average molecular weight is 360 g/mol. The molecular formula is C24H41NO. The van der Waals surface area contributed by atoms with E-state index in [9.17, 15) is 4.79 Å². The third-order valence-corrected chi connectivity index (χ3v) is 5.16. The highest BCUT2D eigenvalue weighted by molar-refractivity contribution is 5.96. The quantitative estimate of drug-likeness (QED) is 0.207. The summed E-state index contributed by atoms with van der Waals surface area (Å²) in [7, 11) is 0. The first-order valence-corrected chi connectivity index (χ1v) is 11.3. The zero-order valence-electron chi connectivity index (χ0n) is 17.2. The van der Waals surface area contributed by atoms with Gasteiger partial charge in [0.1, 0.15) is 0 Å². The Kier molecular flexibility index (Phi) is 15.0. The van der Waals surface area contributed by atoms with Crippen LogP contribution in [0.3, 0.4) is 0 Å². The van der Waals surface area contributed by atoms with Crippen molar-refractivity contribution in [3.8, 4) is 0 Å². The van der Waals surface area contributed by atoms with E-state index in [0.29, 0.717) is 5.57 Å². The van der Waals surface area contributed by atoms with Gasteiger partial charge in [-0.3, -0.25) is 4.79 Å². The Labute approximate surface area is 162 Å². The Morgan fingerprint density at radius 2 is 1.23 bits per heavy atom. The van der Waals surface area contributed by atoms with Gasteiger partial charge in [0, 0.05) is 6.54 Å². The summed E-state index contributed by atoms with van der Waals surface area (Å²) in [4.78, 5) is 11.7. The van der Waals surface area contributed by atoms with Gasteiger partial charge >= 0.3 is 0 Å². The fraction of sp³-hybridized carbons (Fsp3) is 0.750. The van der Waals surface area contributed by atoms with E-state index in [0.717, 1.165) is 13.0 Å². The Morgan fingerprint density at radius 3 is 1.65 bits per heavy atom. The van der Waals surface area contributed by atoms with E-state index in [1.165, 1.54) is 96.3 Å². The molecular weight excluding hydrogens is 318 g/mol. The largest absolute Gasteiger partial charge is 0.352 e. The molecule has 0 spiro atoms. The monoisotopic (exact) mass is 359 g/mol. The summed E-state index contributed by atoms with van der Waals surface area (Å²) in [5, 5.41) is 2.96. The molecule has 0 unspecified atom stereocenters. The maximum Gasteiger partial charge on any atom is 0.259 e. The number of carbonyl (C=O) groups excluding carboxylic acids is 1. The molecule has 0 atom stereocenters. The Balaban J connectivity index is 1.71. The minimum absolute atomic E-state index is 0.0101. The SMILES string of the molecule is CCCCCCCCCCCCCCCCCCNC(=O)C1=C=CC=C1. The first kappa shape index (κ1) is 22.8. The number of amides is 1. The van der Waals surface area contributed by atoms with Crippen LogP contribution in [-0.2, 0) is 4.79 Å². The van der Waals surface area contributed by atoms with E-state index >= 15 is 0 Å². The molecule has 2 nitrogen and oxygen atoms in total. The van der Waals surface area contributed by atoms with Crippen molar-refractivity contribution < 1.29 is 4.79 Å². The zero-order valence-corrected chi connectivity index (χ0v) is 17.2. The highest BCUT2D eigenvalue weighted by Gasteiger charge is 2.05. The fourth-order valence-corrected chi connectivity index (χ4v) is 3.44. The van der Waals surface area contributed by atoms with Gasteiger partial charge in [-0.15, -0.1) is 5.73 Å². The normalized spacial score (nSPS) is 12.6. The van der Waals surface area contributed by atoms with Crippen molar-refractivity contribution in [3.05, 3.63) is 29.5 Å². The van der Waals surface area contributed by atoms with Crippen molar-refractivity contribution in [2.24, 2.45) is 0 Å². The van der Waals surface area contributed by atoms with Gasteiger partial charge in [0.15, 0.2) is 0 Å². The molecule has 0 saturated heterocycles. The lowest BCUT2D eigenvalue weighted by Gasteiger charge is -2.05. The Bertz CT molecular complexity index is 443. The van der Waals surface area contributed by atoms with Gasteiger partial charge in [-0.1, -0.05) is 109 Å². The maximum absolute atomic E-state index is 11.7. The van der Waals surface area contributed by atoms with Crippen LogP contribution < -0.4 is 5.32 Å². The van der Waals surface area contributed by atoms with Crippen LogP contribution in [0.1, 0.15) is 110 Å². The number of hydrogen-bond acceptors (Lipinski definition) is 1. The van der Waals surface area contributed by atoms with Crippen molar-refractivity contribution in [1.29, 1.82) is 0 Å². The maximum atomic E-state index is 11.7. The number of unbranched alkanes of at least 4 members (excludes halogenated alkanes) is 15. The van der Waals surface area contributed by atoms with Crippen LogP contribution in [0.25, 0.3) is 0 Å². The first-order valence-electron chi connectivity index (χ1n) is 11.3. The summed E-state index contributed by atoms with van der Waals surface area (Å²) in [6.45, 7) is 3.07. The second kappa shape index (κ2) is 17.2. The number of allylic oxidation sites excluding steroid dienone is 1. The van der Waals surface area contributed by atoms with Gasteiger partial charge in [0.25, 0.3) is 5.91 Å². The second-order valence-electron chi connectivity index (χ2n) is 7.64. The van der Waals surface area contributed by atoms with Crippen molar-refractivity contribution >= 4 is 5.91 Å². The third kappa shape index (κ3) is 13.0. The van der Waals surface area contributed by atoms with E-state index in [4.69, 9.17) is 0 Å². The van der Waals surface area contributed by atoms with Gasteiger partial charge in [-0.05, 0) is 18.6 Å². The van der Waals surface area contributed by atoms with Crippen LogP contribution >= 0.6 is 0 Å². The van der Waals surface area contributed by atoms with Crippen molar-refractivity contribution in [2.45, 2.75) is 110 Å². The topological polar surface area (TPSA) is 29.1 Å². The van der Waals surface area contributed by atoms with E-state index < -0.39 is 0 Å². The molecule has 0 saturated carbocycles. The van der Waals surface area contributed by atoms with Crippen LogP contribution in [0.2, 0.25) is 0 Å². The molecule has 26 heavy (non-hydrogen) atoms. The predicted octanol–water partition coefficient (Wildman–Crippen LogP) is 7.02. The molecule has 0 heterocycles. The summed E-state index contributed by atoms with van der Waals surface area (Å²) < 4.78 is 0. The van der Waals surface area contributed by atoms with E-state index in [-0.39, 0.29) is 5.91 Å². The van der Waals surface area contributed by atoms with Crippen LogP contribution in [0, 0.1) is 0 Å². The molecule has 1 aliphatic rings. The van der Waals surface area contributed by atoms with Gasteiger partial charge < -0.3 is 5.32 Å². The van der Waals surface area contributed by atoms with E-state index in [2.05, 4.69) is 18.0 Å². The van der Waals surface area contributed by atoms with Gasteiger partial charge in [0.05, 0.1) is 5.57 Å². The molecule has 1 N–H and O–H groups in total. The summed E-state index contributed by atoms with van der Waals surface area (Å²) in [5.74, 6) is 0.0101. The summed E-state index contributed by atoms with van der Waals surface area (Å²) in [5.41, 5.74) is 3.59. The zero-order chi connectivity index (χ0) is 18.7. The van der Waals surface area contributed by atoms with Crippen LogP contribution in [-0.4, -0.2) is 12.5 Å². The molecule has 1 rings (SSSR count). The number of nitrogens with one attached hydrogen (secondary N) is 1. The number of carbonyl (C=O) groups is 1. The minimum Gasteiger partial charge on any atom is -0.352 e. The lowest BCUT2D eigenvalue weighted by Crippen LogP contribution is -2.24. The molecule has 148 valence electrons. The smallest absolute Gasteiger partial charge is 0.259 e. The first-order chi connectivity index (χ1) is 12.8. The summed E-state index contributed by atoms with van der Waals surface area (Å²) in [6, 6.07) is 0. The lowest BCUT2D eigenvalue weighted by atomic mass is 10.0. The van der Waals surface area contributed by atoms with Crippen molar-refractivity contribution in [2.75, 3.05) is 6.54 Å². The average Bonchev–Trinajstić information content (AvgIpc) is 3.19. The van der Waals surface area contributed by atoms with Crippen LogP contribution in [0.4, 0.5) is 0 Å². The molecule has 1 aliphatic carbocycles. The molecule has 0 aromatic carbocycles. The molecule has 0 aromatic heterocycles. The molecule has 0 bridgehead atoms. The van der Waals surface area contributed by atoms with Crippen LogP contribution in [0.15, 0.2) is 29.5 Å². The molecule has 0 aromatic rings. The highest BCUT2D eigenvalue weighted by Crippen LogP contribution is 2.13. The van der Waals surface area contributed by atoms with Crippen LogP contribution in [0.5, 0.6) is 0 Å². The molecule has 2 heteroatoms. The van der Waals surface area contributed by atoms with E-state index in [1.54, 1.807) is 6.08 Å². The second-order valence-corrected chi connectivity index (χ2v) is 7.64. The Morgan fingerprint density at radius 1 is 0.769 bits per heavy atom. The van der Waals surface area contributed by atoms with Gasteiger partial charge in [0.2, 0.25) is 0 Å². The number of hydrogen-bond donors (Lipinski definition) is 1. The van der Waals surface area contributed by atoms with Crippen molar-refractivity contribution in [3.63, 3.8) is 0 Å². The number of rotatable bonds is 18. The molecule has 0 fully saturated rings. The van der Waals surface area contributed by atoms with E-state index in [1.807, 2.05) is 12.2 Å². The van der Waals surface area contributed by atoms with Crippen molar-refractivity contribution in [1.82, 2.24) is 5.32 Å². The van der Waals surface area contributed by atoms with Gasteiger partial charge in [-0.25, -0.2) is 0 Å². The predicted molar refractivity (Wildman–Crippen MR) is 113 cm³/mol. The highest BCUT2D eigenvalue weighted by atomic mass is 16.1. The minimum atomic E-state index is 0.0101. The lowest BCUT2D eigenvalue weighted by molar-refractivity contribution is -0.117. The standard InChI is InChI=1S/C24H41NO/c1-2-3-4-5-6-7-8-9-10-11-12-13-14-15-16-19-22-25-24(26)23-20-17-18-21-23/h17-18,20H,2-16,19,22H2,1H3,(H,25,26). The Hall–Kier alpha value is -1.27. The van der Waals surface area contributed by atoms with Gasteiger partial charge in [-0.2, -0.15) is 0 Å².